The number of anilines is 2. The Hall–Kier alpha value is -1.91. The van der Waals surface area contributed by atoms with Crippen LogP contribution in [0, 0.1) is 6.92 Å². The van der Waals surface area contributed by atoms with Crippen molar-refractivity contribution in [3.63, 3.8) is 0 Å². The van der Waals surface area contributed by atoms with Crippen molar-refractivity contribution < 1.29 is 17.2 Å². The molecule has 0 saturated heterocycles. The lowest BCUT2D eigenvalue weighted by atomic mass is 9.96. The first-order valence-corrected chi connectivity index (χ1v) is 12.8. The number of hydrogen-bond acceptors (Lipinski definition) is 4. The summed E-state index contributed by atoms with van der Waals surface area (Å²) in [5.74, 6) is -2.53. The van der Waals surface area contributed by atoms with Crippen molar-refractivity contribution in [2.75, 3.05) is 10.0 Å². The van der Waals surface area contributed by atoms with E-state index in [2.05, 4.69) is 15.4 Å². The van der Waals surface area contributed by atoms with E-state index in [1.165, 1.54) is 49.6 Å². The summed E-state index contributed by atoms with van der Waals surface area (Å²) < 4.78 is 53.3. The summed E-state index contributed by atoms with van der Waals surface area (Å²) in [5, 5.41) is 6.84. The molecule has 31 heavy (non-hydrogen) atoms. The maximum Gasteiger partial charge on any atom is 0.288 e. The predicted octanol–water partition coefficient (Wildman–Crippen LogP) is 5.73. The van der Waals surface area contributed by atoms with Crippen molar-refractivity contribution in [2.24, 2.45) is 0 Å². The van der Waals surface area contributed by atoms with E-state index in [1.54, 1.807) is 19.1 Å². The zero-order valence-electron chi connectivity index (χ0n) is 17.0. The molecule has 0 amide bonds. The standard InChI is InChI=1S/C21H25F2N3O2S3/c1-14-7-8-17(25-21(29)24-15-5-3-2-4-6-15)13-19(14)31(27,28)26-16-9-11-18(12-10-16)30-20(22)23/h7-13,15,20,26H,2-6H2,1H3,(H2,24,25,29). The van der Waals surface area contributed by atoms with Crippen molar-refractivity contribution in [1.82, 2.24) is 5.32 Å². The molecule has 0 bridgehead atoms. The quantitative estimate of drug-likeness (QED) is 0.344. The van der Waals surface area contributed by atoms with Gasteiger partial charge in [0, 0.05) is 22.3 Å². The minimum atomic E-state index is -3.87. The highest BCUT2D eigenvalue weighted by molar-refractivity contribution is 7.99. The lowest BCUT2D eigenvalue weighted by molar-refractivity contribution is 0.252. The molecule has 168 valence electrons. The molecular formula is C21H25F2N3O2S3. The number of halogens is 2. The number of sulfonamides is 1. The minimum absolute atomic E-state index is 0.115. The molecule has 3 rings (SSSR count). The molecule has 5 nitrogen and oxygen atoms in total. The van der Waals surface area contributed by atoms with Gasteiger partial charge in [0.05, 0.1) is 4.90 Å². The molecule has 0 unspecified atom stereocenters. The Kier molecular flexibility index (Phi) is 8.12. The average Bonchev–Trinajstić information content (AvgIpc) is 2.71. The highest BCUT2D eigenvalue weighted by Gasteiger charge is 2.19. The van der Waals surface area contributed by atoms with E-state index in [9.17, 15) is 17.2 Å². The van der Waals surface area contributed by atoms with Crippen LogP contribution in [0.25, 0.3) is 0 Å². The third-order valence-corrected chi connectivity index (χ3v) is 7.47. The van der Waals surface area contributed by atoms with Crippen LogP contribution in [-0.2, 0) is 10.0 Å². The van der Waals surface area contributed by atoms with Gasteiger partial charge in [0.25, 0.3) is 15.8 Å². The Bertz CT molecular complexity index is 1010. The molecule has 1 aliphatic carbocycles. The van der Waals surface area contributed by atoms with E-state index >= 15 is 0 Å². The van der Waals surface area contributed by atoms with Crippen molar-refractivity contribution in [3.05, 3.63) is 48.0 Å². The third kappa shape index (κ3) is 7.05. The molecule has 0 aliphatic heterocycles. The zero-order valence-corrected chi connectivity index (χ0v) is 19.5. The molecule has 2 aromatic carbocycles. The lowest BCUT2D eigenvalue weighted by Crippen LogP contribution is -2.38. The average molecular weight is 486 g/mol. The highest BCUT2D eigenvalue weighted by Crippen LogP contribution is 2.28. The van der Waals surface area contributed by atoms with Crippen LogP contribution in [0.15, 0.2) is 52.3 Å². The van der Waals surface area contributed by atoms with Gasteiger partial charge in [-0.1, -0.05) is 37.1 Å². The first-order valence-electron chi connectivity index (χ1n) is 9.99. The summed E-state index contributed by atoms with van der Waals surface area (Å²) in [6.45, 7) is 1.71. The normalized spacial score (nSPS) is 15.0. The van der Waals surface area contributed by atoms with Gasteiger partial charge < -0.3 is 10.6 Å². The van der Waals surface area contributed by atoms with Gasteiger partial charge in [-0.15, -0.1) is 0 Å². The van der Waals surface area contributed by atoms with E-state index in [-0.39, 0.29) is 4.90 Å². The van der Waals surface area contributed by atoms with Crippen LogP contribution in [0.4, 0.5) is 20.2 Å². The highest BCUT2D eigenvalue weighted by atomic mass is 32.2. The van der Waals surface area contributed by atoms with Gasteiger partial charge in [-0.05, 0) is 73.9 Å². The zero-order chi connectivity index (χ0) is 22.4. The van der Waals surface area contributed by atoms with E-state index in [0.29, 0.717) is 44.7 Å². The number of thiocarbonyl (C=S) groups is 1. The molecule has 0 heterocycles. The smallest absolute Gasteiger partial charge is 0.288 e. The van der Waals surface area contributed by atoms with Crippen LogP contribution in [0.5, 0.6) is 0 Å². The second-order valence-corrected chi connectivity index (χ2v) is 10.5. The Morgan fingerprint density at radius 1 is 1.06 bits per heavy atom. The van der Waals surface area contributed by atoms with Crippen LogP contribution in [0.3, 0.4) is 0 Å². The first-order chi connectivity index (χ1) is 14.7. The number of alkyl halides is 2. The molecule has 10 heteroatoms. The fourth-order valence-corrected chi connectivity index (χ4v) is 5.60. The topological polar surface area (TPSA) is 70.2 Å². The van der Waals surface area contributed by atoms with Gasteiger partial charge in [-0.2, -0.15) is 8.78 Å². The van der Waals surface area contributed by atoms with E-state index in [4.69, 9.17) is 12.2 Å². The van der Waals surface area contributed by atoms with Gasteiger partial charge in [-0.3, -0.25) is 4.72 Å². The van der Waals surface area contributed by atoms with Gasteiger partial charge in [0.2, 0.25) is 0 Å². The maximum atomic E-state index is 12.9. The Morgan fingerprint density at radius 2 is 1.71 bits per heavy atom. The number of nitrogens with one attached hydrogen (secondary N) is 3. The van der Waals surface area contributed by atoms with Crippen LogP contribution < -0.4 is 15.4 Å². The fraction of sp³-hybridized carbons (Fsp3) is 0.381. The van der Waals surface area contributed by atoms with Crippen LogP contribution in [-0.4, -0.2) is 25.3 Å². The third-order valence-electron chi connectivity index (χ3n) is 5.01. The number of benzene rings is 2. The minimum Gasteiger partial charge on any atom is -0.360 e. The number of hydrogen-bond donors (Lipinski definition) is 3. The first kappa shape index (κ1) is 23.7. The van der Waals surface area contributed by atoms with Gasteiger partial charge in [-0.25, -0.2) is 8.42 Å². The molecule has 0 aromatic heterocycles. The summed E-state index contributed by atoms with van der Waals surface area (Å²) in [6, 6.07) is 11.2. The lowest BCUT2D eigenvalue weighted by Gasteiger charge is -2.24. The van der Waals surface area contributed by atoms with Gasteiger partial charge in [0.1, 0.15) is 0 Å². The Labute approximate surface area is 191 Å². The fourth-order valence-electron chi connectivity index (χ4n) is 3.48. The van der Waals surface area contributed by atoms with Gasteiger partial charge >= 0.3 is 0 Å². The Morgan fingerprint density at radius 3 is 2.35 bits per heavy atom. The molecule has 1 aliphatic rings. The second-order valence-electron chi connectivity index (χ2n) is 7.42. The number of aryl methyl sites for hydroxylation is 1. The van der Waals surface area contributed by atoms with Crippen LogP contribution in [0.1, 0.15) is 37.7 Å². The molecule has 0 spiro atoms. The summed E-state index contributed by atoms with van der Waals surface area (Å²) in [7, 11) is -3.87. The SMILES string of the molecule is Cc1ccc(NC(=S)NC2CCCCC2)cc1S(=O)(=O)Nc1ccc(SC(F)F)cc1. The molecule has 1 fully saturated rings. The van der Waals surface area contributed by atoms with Crippen LogP contribution >= 0.6 is 24.0 Å². The molecule has 0 radical (unpaired) electrons. The van der Waals surface area contributed by atoms with E-state index in [1.807, 2.05) is 0 Å². The van der Waals surface area contributed by atoms with Crippen LogP contribution in [0.2, 0.25) is 0 Å². The van der Waals surface area contributed by atoms with Crippen molar-refractivity contribution in [2.45, 2.75) is 60.6 Å². The van der Waals surface area contributed by atoms with Crippen molar-refractivity contribution in [1.29, 1.82) is 0 Å². The maximum absolute atomic E-state index is 12.9. The second kappa shape index (κ2) is 10.6. The summed E-state index contributed by atoms with van der Waals surface area (Å²) in [4.78, 5) is 0.475. The number of thioether (sulfide) groups is 1. The summed E-state index contributed by atoms with van der Waals surface area (Å²) >= 11 is 5.80. The van der Waals surface area contributed by atoms with E-state index in [0.717, 1.165) is 12.8 Å². The van der Waals surface area contributed by atoms with Crippen molar-refractivity contribution in [3.8, 4) is 0 Å². The largest absolute Gasteiger partial charge is 0.360 e. The number of rotatable bonds is 7. The predicted molar refractivity (Wildman–Crippen MR) is 127 cm³/mol. The monoisotopic (exact) mass is 485 g/mol. The van der Waals surface area contributed by atoms with Crippen molar-refractivity contribution >= 4 is 50.5 Å². The molecule has 1 saturated carbocycles. The molecule has 2 aromatic rings. The van der Waals surface area contributed by atoms with Gasteiger partial charge in [0.15, 0.2) is 5.11 Å². The Balaban J connectivity index is 1.69. The summed E-state index contributed by atoms with van der Waals surface area (Å²) in [6.07, 6.45) is 5.77. The molecule has 0 atom stereocenters. The molecule has 3 N–H and O–H groups in total. The van der Waals surface area contributed by atoms with E-state index < -0.39 is 15.8 Å². The summed E-state index contributed by atoms with van der Waals surface area (Å²) in [5.41, 5.74) is 1.45. The molecular weight excluding hydrogens is 460 g/mol.